The molecule has 1 aromatic rings. The van der Waals surface area contributed by atoms with Gasteiger partial charge >= 0.3 is 0 Å². The lowest BCUT2D eigenvalue weighted by Gasteiger charge is -1.85. The standard InChI is InChI=1S/C9H11BrO/c1-2-8-5-6-9(11-8)4-3-7-10/h3-6H,2,7H2,1H3/b4-3+. The van der Waals surface area contributed by atoms with Crippen molar-refractivity contribution >= 4 is 22.0 Å². The van der Waals surface area contributed by atoms with Crippen molar-refractivity contribution in [2.45, 2.75) is 13.3 Å². The predicted molar refractivity (Wildman–Crippen MR) is 50.9 cm³/mol. The van der Waals surface area contributed by atoms with Crippen LogP contribution in [0.1, 0.15) is 18.4 Å². The summed E-state index contributed by atoms with van der Waals surface area (Å²) in [5, 5.41) is 0.870. The molecule has 60 valence electrons. The molecule has 2 heteroatoms. The molecule has 1 nitrogen and oxygen atoms in total. The average Bonchev–Trinajstić information content (AvgIpc) is 2.48. The number of halogens is 1. The molecule has 1 heterocycles. The molecular formula is C9H11BrO. The number of aryl methyl sites for hydroxylation is 1. The lowest BCUT2D eigenvalue weighted by atomic mass is 10.3. The fourth-order valence-corrected chi connectivity index (χ4v) is 1.02. The molecule has 1 rings (SSSR count). The highest BCUT2D eigenvalue weighted by Crippen LogP contribution is 2.09. The molecule has 0 atom stereocenters. The quantitative estimate of drug-likeness (QED) is 0.705. The molecule has 0 radical (unpaired) electrons. The van der Waals surface area contributed by atoms with Crippen molar-refractivity contribution in [3.63, 3.8) is 0 Å². The maximum absolute atomic E-state index is 5.43. The van der Waals surface area contributed by atoms with Crippen molar-refractivity contribution < 1.29 is 4.42 Å². The Hall–Kier alpha value is -0.500. The minimum Gasteiger partial charge on any atom is -0.462 e. The van der Waals surface area contributed by atoms with Gasteiger partial charge in [-0.1, -0.05) is 28.9 Å². The van der Waals surface area contributed by atoms with E-state index in [2.05, 4.69) is 22.9 Å². The van der Waals surface area contributed by atoms with Crippen LogP contribution in [-0.2, 0) is 6.42 Å². The minimum atomic E-state index is 0.870. The normalized spacial score (nSPS) is 11.1. The molecule has 0 unspecified atom stereocenters. The fraction of sp³-hybridized carbons (Fsp3) is 0.333. The van der Waals surface area contributed by atoms with E-state index in [0.29, 0.717) is 0 Å². The minimum absolute atomic E-state index is 0.870. The van der Waals surface area contributed by atoms with Gasteiger partial charge in [-0.2, -0.15) is 0 Å². The van der Waals surface area contributed by atoms with Crippen molar-refractivity contribution in [2.24, 2.45) is 0 Å². The number of alkyl halides is 1. The van der Waals surface area contributed by atoms with E-state index in [1.54, 1.807) is 0 Å². The van der Waals surface area contributed by atoms with Crippen LogP contribution in [0, 0.1) is 0 Å². The highest BCUT2D eigenvalue weighted by Gasteiger charge is 1.94. The van der Waals surface area contributed by atoms with Crippen LogP contribution in [0.25, 0.3) is 6.08 Å². The smallest absolute Gasteiger partial charge is 0.126 e. The summed E-state index contributed by atoms with van der Waals surface area (Å²) in [4.78, 5) is 0. The maximum atomic E-state index is 5.43. The van der Waals surface area contributed by atoms with E-state index < -0.39 is 0 Å². The average molecular weight is 215 g/mol. The summed E-state index contributed by atoms with van der Waals surface area (Å²) in [6, 6.07) is 3.99. The van der Waals surface area contributed by atoms with E-state index in [1.165, 1.54) is 0 Å². The topological polar surface area (TPSA) is 13.1 Å². The van der Waals surface area contributed by atoms with Crippen LogP contribution in [0.5, 0.6) is 0 Å². The molecule has 0 aliphatic rings. The molecule has 0 aromatic carbocycles. The third-order valence-corrected chi connectivity index (χ3v) is 1.78. The zero-order chi connectivity index (χ0) is 8.10. The lowest BCUT2D eigenvalue weighted by molar-refractivity contribution is 0.507. The first-order valence-electron chi connectivity index (χ1n) is 3.68. The number of hydrogen-bond acceptors (Lipinski definition) is 1. The van der Waals surface area contributed by atoms with Crippen molar-refractivity contribution in [1.82, 2.24) is 0 Å². The summed E-state index contributed by atoms with van der Waals surface area (Å²) in [7, 11) is 0. The Morgan fingerprint density at radius 2 is 2.36 bits per heavy atom. The maximum Gasteiger partial charge on any atom is 0.126 e. The van der Waals surface area contributed by atoms with Crippen molar-refractivity contribution in [1.29, 1.82) is 0 Å². The van der Waals surface area contributed by atoms with Crippen LogP contribution in [0.4, 0.5) is 0 Å². The highest BCUT2D eigenvalue weighted by atomic mass is 79.9. The van der Waals surface area contributed by atoms with Crippen molar-refractivity contribution in [2.75, 3.05) is 5.33 Å². The van der Waals surface area contributed by atoms with Gasteiger partial charge in [0.25, 0.3) is 0 Å². The molecule has 11 heavy (non-hydrogen) atoms. The lowest BCUT2D eigenvalue weighted by Crippen LogP contribution is -1.68. The Morgan fingerprint density at radius 1 is 1.55 bits per heavy atom. The number of rotatable bonds is 3. The van der Waals surface area contributed by atoms with Gasteiger partial charge in [0.2, 0.25) is 0 Å². The SMILES string of the molecule is CCc1ccc(/C=C/CBr)o1. The molecule has 0 saturated heterocycles. The third kappa shape index (κ3) is 2.54. The van der Waals surface area contributed by atoms with E-state index in [1.807, 2.05) is 24.3 Å². The monoisotopic (exact) mass is 214 g/mol. The van der Waals surface area contributed by atoms with Crippen LogP contribution in [-0.4, -0.2) is 5.33 Å². The second-order valence-electron chi connectivity index (χ2n) is 2.21. The Morgan fingerprint density at radius 3 is 2.91 bits per heavy atom. The van der Waals surface area contributed by atoms with Crippen molar-refractivity contribution in [3.8, 4) is 0 Å². The van der Waals surface area contributed by atoms with Crippen LogP contribution in [0.15, 0.2) is 22.6 Å². The van der Waals surface area contributed by atoms with E-state index in [0.717, 1.165) is 23.3 Å². The van der Waals surface area contributed by atoms with Gasteiger partial charge in [0.05, 0.1) is 0 Å². The Kier molecular flexibility index (Phi) is 3.43. The van der Waals surface area contributed by atoms with Gasteiger partial charge in [-0.25, -0.2) is 0 Å². The molecule has 0 saturated carbocycles. The Labute approximate surface area is 75.2 Å². The first kappa shape index (κ1) is 8.60. The van der Waals surface area contributed by atoms with Crippen LogP contribution in [0.2, 0.25) is 0 Å². The molecular weight excluding hydrogens is 204 g/mol. The van der Waals surface area contributed by atoms with E-state index in [4.69, 9.17) is 4.42 Å². The molecule has 0 amide bonds. The van der Waals surface area contributed by atoms with Crippen molar-refractivity contribution in [3.05, 3.63) is 29.7 Å². The number of furan rings is 1. The molecule has 0 spiro atoms. The molecule has 0 aliphatic carbocycles. The first-order chi connectivity index (χ1) is 5.36. The third-order valence-electron chi connectivity index (χ3n) is 1.40. The summed E-state index contributed by atoms with van der Waals surface area (Å²) < 4.78 is 5.43. The number of hydrogen-bond donors (Lipinski definition) is 0. The Balaban J connectivity index is 2.65. The molecule has 0 aliphatic heterocycles. The Bertz CT molecular complexity index is 237. The fourth-order valence-electron chi connectivity index (χ4n) is 0.835. The van der Waals surface area contributed by atoms with Gasteiger partial charge < -0.3 is 4.42 Å². The summed E-state index contributed by atoms with van der Waals surface area (Å²) in [5.74, 6) is 1.97. The molecule has 0 fully saturated rings. The predicted octanol–water partition coefficient (Wildman–Crippen LogP) is 3.25. The van der Waals surface area contributed by atoms with Crippen LogP contribution in [0.3, 0.4) is 0 Å². The summed E-state index contributed by atoms with van der Waals surface area (Å²) in [6.07, 6.45) is 4.94. The van der Waals surface area contributed by atoms with Gasteiger partial charge in [-0.3, -0.25) is 0 Å². The number of allylic oxidation sites excluding steroid dienone is 1. The second-order valence-corrected chi connectivity index (χ2v) is 2.86. The first-order valence-corrected chi connectivity index (χ1v) is 4.80. The van der Waals surface area contributed by atoms with Gasteiger partial charge in [0, 0.05) is 11.8 Å². The molecule has 1 aromatic heterocycles. The summed E-state index contributed by atoms with van der Waals surface area (Å²) in [5.41, 5.74) is 0. The van der Waals surface area contributed by atoms with E-state index in [9.17, 15) is 0 Å². The van der Waals surface area contributed by atoms with Gasteiger partial charge in [-0.05, 0) is 18.2 Å². The van der Waals surface area contributed by atoms with E-state index >= 15 is 0 Å². The van der Waals surface area contributed by atoms with Crippen LogP contribution >= 0.6 is 15.9 Å². The second kappa shape index (κ2) is 4.39. The summed E-state index contributed by atoms with van der Waals surface area (Å²) >= 11 is 3.30. The molecule has 0 bridgehead atoms. The van der Waals surface area contributed by atoms with Gasteiger partial charge in [0.1, 0.15) is 11.5 Å². The van der Waals surface area contributed by atoms with Gasteiger partial charge in [0.15, 0.2) is 0 Å². The zero-order valence-corrected chi connectivity index (χ0v) is 8.10. The van der Waals surface area contributed by atoms with E-state index in [-0.39, 0.29) is 0 Å². The van der Waals surface area contributed by atoms with Crippen LogP contribution < -0.4 is 0 Å². The molecule has 0 N–H and O–H groups in total. The largest absolute Gasteiger partial charge is 0.462 e. The summed E-state index contributed by atoms with van der Waals surface area (Å²) in [6.45, 7) is 2.08. The zero-order valence-electron chi connectivity index (χ0n) is 6.51. The van der Waals surface area contributed by atoms with Gasteiger partial charge in [-0.15, -0.1) is 0 Å². The highest BCUT2D eigenvalue weighted by molar-refractivity contribution is 9.09.